The molecular weight excluding hydrogens is 406 g/mol. The van der Waals surface area contributed by atoms with Crippen LogP contribution in [0.2, 0.25) is 0 Å². The number of aryl methyl sites for hydroxylation is 2. The molecule has 0 saturated carbocycles. The number of carbonyl (C=O) groups excluding carboxylic acids is 1. The van der Waals surface area contributed by atoms with Crippen LogP contribution in [0.15, 0.2) is 33.7 Å². The van der Waals surface area contributed by atoms with Crippen LogP contribution in [-0.2, 0) is 21.4 Å². The summed E-state index contributed by atoms with van der Waals surface area (Å²) in [5.74, 6) is 0.639. The number of piperidine rings is 1. The van der Waals surface area contributed by atoms with Gasteiger partial charge in [-0.2, -0.15) is 4.31 Å². The number of hydrogen-bond acceptors (Lipinski definition) is 6. The van der Waals surface area contributed by atoms with Gasteiger partial charge in [0, 0.05) is 26.7 Å². The standard InChI is InChI=1S/C21H29N3O5S/c1-5-28-19-10-8-17(9-11-19)13-23(4)21(25)18-7-6-12-24(14-18)30(26,27)20-15(2)22-29-16(20)3/h8-11,18H,5-7,12-14H2,1-4H3. The number of nitrogens with zero attached hydrogens (tertiary/aromatic N) is 3. The molecule has 164 valence electrons. The molecule has 1 saturated heterocycles. The topological polar surface area (TPSA) is 93.0 Å². The van der Waals surface area contributed by atoms with Gasteiger partial charge < -0.3 is 14.2 Å². The Morgan fingerprint density at radius 2 is 2.00 bits per heavy atom. The highest BCUT2D eigenvalue weighted by atomic mass is 32.2. The number of aromatic nitrogens is 1. The van der Waals surface area contributed by atoms with Gasteiger partial charge in [0.25, 0.3) is 0 Å². The Morgan fingerprint density at radius 3 is 2.60 bits per heavy atom. The van der Waals surface area contributed by atoms with E-state index in [0.29, 0.717) is 38.2 Å². The van der Waals surface area contributed by atoms with Crippen LogP contribution >= 0.6 is 0 Å². The predicted molar refractivity (Wildman–Crippen MR) is 112 cm³/mol. The van der Waals surface area contributed by atoms with Crippen LogP contribution in [0.3, 0.4) is 0 Å². The maximum absolute atomic E-state index is 13.1. The molecule has 1 aromatic heterocycles. The quantitative estimate of drug-likeness (QED) is 0.664. The van der Waals surface area contributed by atoms with Crippen LogP contribution < -0.4 is 4.74 Å². The molecule has 2 aromatic rings. The van der Waals surface area contributed by atoms with Crippen LogP contribution in [0.25, 0.3) is 0 Å². The van der Waals surface area contributed by atoms with Gasteiger partial charge in [0.2, 0.25) is 15.9 Å². The Bertz CT molecular complexity index is 965. The first-order chi connectivity index (χ1) is 14.2. The lowest BCUT2D eigenvalue weighted by Gasteiger charge is -2.33. The molecular formula is C21H29N3O5S. The summed E-state index contributed by atoms with van der Waals surface area (Å²) in [6.07, 6.45) is 1.30. The number of carbonyl (C=O) groups is 1. The van der Waals surface area contributed by atoms with Gasteiger partial charge in [-0.15, -0.1) is 0 Å². The highest BCUT2D eigenvalue weighted by Gasteiger charge is 2.37. The summed E-state index contributed by atoms with van der Waals surface area (Å²) in [6, 6.07) is 7.64. The van der Waals surface area contributed by atoms with E-state index in [1.165, 1.54) is 4.31 Å². The van der Waals surface area contributed by atoms with Gasteiger partial charge in [-0.05, 0) is 51.3 Å². The summed E-state index contributed by atoms with van der Waals surface area (Å²) < 4.78 is 38.1. The van der Waals surface area contributed by atoms with Crippen molar-refractivity contribution in [2.45, 2.75) is 45.1 Å². The molecule has 3 rings (SSSR count). The Labute approximate surface area is 177 Å². The van der Waals surface area contributed by atoms with Gasteiger partial charge in [0.05, 0.1) is 12.5 Å². The molecule has 2 heterocycles. The van der Waals surface area contributed by atoms with E-state index >= 15 is 0 Å². The maximum Gasteiger partial charge on any atom is 0.248 e. The fraction of sp³-hybridized carbons (Fsp3) is 0.524. The third-order valence-electron chi connectivity index (χ3n) is 5.33. The summed E-state index contributed by atoms with van der Waals surface area (Å²) >= 11 is 0. The van der Waals surface area contributed by atoms with Gasteiger partial charge in [0.15, 0.2) is 5.76 Å². The molecule has 0 N–H and O–H groups in total. The van der Waals surface area contributed by atoms with Gasteiger partial charge >= 0.3 is 0 Å². The summed E-state index contributed by atoms with van der Waals surface area (Å²) in [6.45, 7) is 6.74. The number of rotatable bonds is 7. The van der Waals surface area contributed by atoms with E-state index in [1.807, 2.05) is 31.2 Å². The number of sulfonamides is 1. The van der Waals surface area contributed by atoms with Crippen molar-refractivity contribution in [3.8, 4) is 5.75 Å². The van der Waals surface area contributed by atoms with Crippen molar-refractivity contribution >= 4 is 15.9 Å². The average Bonchev–Trinajstić information content (AvgIpc) is 3.08. The lowest BCUT2D eigenvalue weighted by Crippen LogP contribution is -2.45. The normalized spacial score (nSPS) is 17.7. The molecule has 1 unspecified atom stereocenters. The molecule has 0 spiro atoms. The van der Waals surface area contributed by atoms with Crippen LogP contribution in [0, 0.1) is 19.8 Å². The molecule has 9 heteroatoms. The van der Waals surface area contributed by atoms with Crippen molar-refractivity contribution in [1.82, 2.24) is 14.4 Å². The first kappa shape index (κ1) is 22.3. The molecule has 8 nitrogen and oxygen atoms in total. The van der Waals surface area contributed by atoms with E-state index in [-0.39, 0.29) is 29.0 Å². The predicted octanol–water partition coefficient (Wildman–Crippen LogP) is 2.75. The molecule has 1 amide bonds. The van der Waals surface area contributed by atoms with Gasteiger partial charge in [0.1, 0.15) is 16.3 Å². The smallest absolute Gasteiger partial charge is 0.248 e. The molecule has 0 radical (unpaired) electrons. The minimum atomic E-state index is -3.75. The number of ether oxygens (including phenoxy) is 1. The highest BCUT2D eigenvalue weighted by Crippen LogP contribution is 2.28. The second-order valence-electron chi connectivity index (χ2n) is 7.63. The van der Waals surface area contributed by atoms with Gasteiger partial charge in [-0.3, -0.25) is 4.79 Å². The average molecular weight is 436 g/mol. The van der Waals surface area contributed by atoms with Crippen LogP contribution in [-0.4, -0.2) is 55.4 Å². The number of benzene rings is 1. The van der Waals surface area contributed by atoms with Crippen molar-refractivity contribution in [2.24, 2.45) is 5.92 Å². The van der Waals surface area contributed by atoms with Crippen molar-refractivity contribution in [2.75, 3.05) is 26.7 Å². The van der Waals surface area contributed by atoms with Crippen molar-refractivity contribution in [3.63, 3.8) is 0 Å². The van der Waals surface area contributed by atoms with Crippen LogP contribution in [0.4, 0.5) is 0 Å². The molecule has 1 aliphatic heterocycles. The first-order valence-electron chi connectivity index (χ1n) is 10.1. The second kappa shape index (κ2) is 9.18. The summed E-state index contributed by atoms with van der Waals surface area (Å²) in [5.41, 5.74) is 1.33. The van der Waals surface area contributed by atoms with Crippen LogP contribution in [0.5, 0.6) is 5.75 Å². The summed E-state index contributed by atoms with van der Waals surface area (Å²) in [7, 11) is -2.00. The zero-order chi connectivity index (χ0) is 21.9. The van der Waals surface area contributed by atoms with Gasteiger partial charge in [-0.1, -0.05) is 17.3 Å². The lowest BCUT2D eigenvalue weighted by molar-refractivity contribution is -0.135. The third kappa shape index (κ3) is 4.67. The number of hydrogen-bond donors (Lipinski definition) is 0. The Kier molecular flexibility index (Phi) is 6.82. The fourth-order valence-electron chi connectivity index (χ4n) is 3.86. The summed E-state index contributed by atoms with van der Waals surface area (Å²) in [5, 5.41) is 3.76. The lowest BCUT2D eigenvalue weighted by atomic mass is 9.98. The molecule has 1 aliphatic rings. The molecule has 1 atom stereocenters. The van der Waals surface area contributed by atoms with E-state index in [1.54, 1.807) is 25.8 Å². The molecule has 0 aliphatic carbocycles. The molecule has 1 aromatic carbocycles. The fourth-order valence-corrected chi connectivity index (χ4v) is 5.67. The minimum Gasteiger partial charge on any atom is -0.494 e. The van der Waals surface area contributed by atoms with E-state index in [2.05, 4.69) is 5.16 Å². The number of amides is 1. The monoisotopic (exact) mass is 435 g/mol. The van der Waals surface area contributed by atoms with Gasteiger partial charge in [-0.25, -0.2) is 8.42 Å². The van der Waals surface area contributed by atoms with E-state index < -0.39 is 10.0 Å². The van der Waals surface area contributed by atoms with Crippen molar-refractivity contribution in [3.05, 3.63) is 41.3 Å². The van der Waals surface area contributed by atoms with E-state index in [4.69, 9.17) is 9.26 Å². The molecule has 30 heavy (non-hydrogen) atoms. The molecule has 0 bridgehead atoms. The first-order valence-corrected chi connectivity index (χ1v) is 11.6. The van der Waals surface area contributed by atoms with E-state index in [0.717, 1.165) is 11.3 Å². The SMILES string of the molecule is CCOc1ccc(CN(C)C(=O)C2CCCN(S(=O)(=O)c3c(C)noc3C)C2)cc1. The third-order valence-corrected chi connectivity index (χ3v) is 7.44. The maximum atomic E-state index is 13.1. The highest BCUT2D eigenvalue weighted by molar-refractivity contribution is 7.89. The zero-order valence-electron chi connectivity index (χ0n) is 17.9. The second-order valence-corrected chi connectivity index (χ2v) is 9.50. The minimum absolute atomic E-state index is 0.0532. The summed E-state index contributed by atoms with van der Waals surface area (Å²) in [4.78, 5) is 14.8. The largest absolute Gasteiger partial charge is 0.494 e. The van der Waals surface area contributed by atoms with Crippen molar-refractivity contribution in [1.29, 1.82) is 0 Å². The van der Waals surface area contributed by atoms with E-state index in [9.17, 15) is 13.2 Å². The Balaban J connectivity index is 1.67. The van der Waals surface area contributed by atoms with Crippen molar-refractivity contribution < 1.29 is 22.5 Å². The Morgan fingerprint density at radius 1 is 1.30 bits per heavy atom. The van der Waals surface area contributed by atoms with Crippen LogP contribution in [0.1, 0.15) is 36.8 Å². The zero-order valence-corrected chi connectivity index (χ0v) is 18.7. The Hall–Kier alpha value is -2.39. The molecule has 1 fully saturated rings.